The van der Waals surface area contributed by atoms with Crippen LogP contribution in [0, 0.1) is 15.9 Å². The Labute approximate surface area is 121 Å². The molecule has 0 aliphatic carbocycles. The first kappa shape index (κ1) is 15.5. The Morgan fingerprint density at radius 3 is 2.81 bits per heavy atom. The van der Waals surface area contributed by atoms with Crippen molar-refractivity contribution in [1.29, 1.82) is 0 Å². The summed E-state index contributed by atoms with van der Waals surface area (Å²) in [7, 11) is -4.15. The van der Waals surface area contributed by atoms with Crippen molar-refractivity contribution < 1.29 is 17.7 Å². The third-order valence-corrected chi connectivity index (χ3v) is 4.50. The minimum absolute atomic E-state index is 0.0533. The van der Waals surface area contributed by atoms with Crippen LogP contribution < -0.4 is 10.0 Å². The minimum Gasteiger partial charge on any atom is -0.313 e. The van der Waals surface area contributed by atoms with Crippen LogP contribution in [0.25, 0.3) is 0 Å². The zero-order valence-electron chi connectivity index (χ0n) is 11.0. The lowest BCUT2D eigenvalue weighted by Crippen LogP contribution is -2.30. The quantitative estimate of drug-likeness (QED) is 0.478. The molecule has 0 unspecified atom stereocenters. The van der Waals surface area contributed by atoms with Gasteiger partial charge in [-0.25, -0.2) is 13.1 Å². The molecule has 7 nitrogen and oxygen atoms in total. The van der Waals surface area contributed by atoms with E-state index in [1.807, 2.05) is 6.08 Å². The topological polar surface area (TPSA) is 101 Å². The molecule has 0 atom stereocenters. The summed E-state index contributed by atoms with van der Waals surface area (Å²) in [5.74, 6) is -1.18. The second-order valence-corrected chi connectivity index (χ2v) is 6.22. The number of benzene rings is 1. The number of rotatable bonds is 5. The molecule has 114 valence electrons. The largest absolute Gasteiger partial charge is 0.324 e. The lowest BCUT2D eigenvalue weighted by Gasteiger charge is -2.14. The Balaban J connectivity index is 2.25. The SMILES string of the molecule is O=[N+]([O-])c1c(F)cccc1S(=O)(=O)NCC1=CCNCC1. The fraction of sp³-hybridized carbons (Fsp3) is 0.333. The van der Waals surface area contributed by atoms with E-state index in [9.17, 15) is 22.9 Å². The highest BCUT2D eigenvalue weighted by atomic mass is 32.2. The van der Waals surface area contributed by atoms with Gasteiger partial charge in [0.15, 0.2) is 4.90 Å². The van der Waals surface area contributed by atoms with E-state index in [2.05, 4.69) is 10.0 Å². The van der Waals surface area contributed by atoms with Crippen molar-refractivity contribution in [3.05, 3.63) is 45.8 Å². The third-order valence-electron chi connectivity index (χ3n) is 3.07. The molecule has 0 radical (unpaired) electrons. The van der Waals surface area contributed by atoms with Crippen LogP contribution in [0.5, 0.6) is 0 Å². The van der Waals surface area contributed by atoms with E-state index in [0.717, 1.165) is 30.3 Å². The molecular weight excluding hydrogens is 301 g/mol. The van der Waals surface area contributed by atoms with E-state index >= 15 is 0 Å². The average Bonchev–Trinajstić information content (AvgIpc) is 2.46. The molecule has 0 bridgehead atoms. The number of nitro benzene ring substituents is 1. The molecule has 9 heteroatoms. The Hall–Kier alpha value is -1.84. The highest BCUT2D eigenvalue weighted by Crippen LogP contribution is 2.26. The third kappa shape index (κ3) is 3.63. The first-order valence-electron chi connectivity index (χ1n) is 6.23. The van der Waals surface area contributed by atoms with Crippen molar-refractivity contribution in [1.82, 2.24) is 10.0 Å². The van der Waals surface area contributed by atoms with Gasteiger partial charge in [0.25, 0.3) is 0 Å². The lowest BCUT2D eigenvalue weighted by molar-refractivity contribution is -0.390. The molecule has 1 aliphatic rings. The smallest absolute Gasteiger partial charge is 0.313 e. The van der Waals surface area contributed by atoms with Gasteiger partial charge in [0.1, 0.15) is 0 Å². The van der Waals surface area contributed by atoms with Crippen LogP contribution in [0.1, 0.15) is 6.42 Å². The summed E-state index contributed by atoms with van der Waals surface area (Å²) < 4.78 is 40.0. The van der Waals surface area contributed by atoms with Gasteiger partial charge >= 0.3 is 5.69 Å². The molecule has 0 saturated carbocycles. The summed E-state index contributed by atoms with van der Waals surface area (Å²) in [6.07, 6.45) is 2.54. The van der Waals surface area contributed by atoms with Gasteiger partial charge in [0.2, 0.25) is 15.8 Å². The molecule has 1 aliphatic heterocycles. The summed E-state index contributed by atoms with van der Waals surface area (Å²) >= 11 is 0. The van der Waals surface area contributed by atoms with Crippen molar-refractivity contribution in [2.45, 2.75) is 11.3 Å². The van der Waals surface area contributed by atoms with Gasteiger partial charge in [0, 0.05) is 13.1 Å². The molecule has 1 aromatic rings. The van der Waals surface area contributed by atoms with Crippen LogP contribution in [0.15, 0.2) is 34.7 Å². The van der Waals surface area contributed by atoms with Gasteiger partial charge in [-0.15, -0.1) is 0 Å². The number of nitrogens with zero attached hydrogens (tertiary/aromatic N) is 1. The van der Waals surface area contributed by atoms with E-state index in [1.165, 1.54) is 0 Å². The molecular formula is C12H14FN3O4S. The summed E-state index contributed by atoms with van der Waals surface area (Å²) in [6, 6.07) is 2.99. The van der Waals surface area contributed by atoms with Crippen LogP contribution in [0.2, 0.25) is 0 Å². The lowest BCUT2D eigenvalue weighted by atomic mass is 10.1. The summed E-state index contributed by atoms with van der Waals surface area (Å²) in [4.78, 5) is 9.15. The number of hydrogen-bond donors (Lipinski definition) is 2. The Morgan fingerprint density at radius 1 is 1.43 bits per heavy atom. The van der Waals surface area contributed by atoms with Crippen molar-refractivity contribution >= 4 is 15.7 Å². The molecule has 0 fully saturated rings. The minimum atomic E-state index is -4.15. The molecule has 1 aromatic carbocycles. The van der Waals surface area contributed by atoms with Crippen LogP contribution in [0.4, 0.5) is 10.1 Å². The zero-order valence-corrected chi connectivity index (χ0v) is 11.8. The van der Waals surface area contributed by atoms with Gasteiger partial charge in [0.05, 0.1) is 4.92 Å². The highest BCUT2D eigenvalue weighted by Gasteiger charge is 2.29. The Morgan fingerprint density at radius 2 is 2.19 bits per heavy atom. The number of sulfonamides is 1. The van der Waals surface area contributed by atoms with Crippen molar-refractivity contribution in [3.63, 3.8) is 0 Å². The number of hydrogen-bond acceptors (Lipinski definition) is 5. The fourth-order valence-corrected chi connectivity index (χ4v) is 3.20. The maximum atomic E-state index is 13.5. The maximum absolute atomic E-state index is 13.5. The molecule has 0 saturated heterocycles. The van der Waals surface area contributed by atoms with Crippen molar-refractivity contribution in [2.75, 3.05) is 19.6 Å². The molecule has 0 amide bonds. The van der Waals surface area contributed by atoms with Gasteiger partial charge in [-0.2, -0.15) is 4.39 Å². The molecule has 0 spiro atoms. The normalized spacial score (nSPS) is 15.6. The summed E-state index contributed by atoms with van der Waals surface area (Å²) in [6.45, 7) is 1.45. The van der Waals surface area contributed by atoms with E-state index < -0.39 is 31.3 Å². The van der Waals surface area contributed by atoms with Gasteiger partial charge in [-0.05, 0) is 25.1 Å². The number of nitro groups is 1. The molecule has 2 rings (SSSR count). The maximum Gasteiger partial charge on any atom is 0.324 e. The highest BCUT2D eigenvalue weighted by molar-refractivity contribution is 7.89. The fourth-order valence-electron chi connectivity index (χ4n) is 1.99. The number of para-hydroxylation sites is 1. The monoisotopic (exact) mass is 315 g/mol. The van der Waals surface area contributed by atoms with Crippen LogP contribution >= 0.6 is 0 Å². The first-order chi connectivity index (χ1) is 9.92. The molecule has 1 heterocycles. The predicted octanol–water partition coefficient (Wildman–Crippen LogP) is 0.932. The zero-order chi connectivity index (χ0) is 15.5. The van der Waals surface area contributed by atoms with Crippen LogP contribution in [-0.4, -0.2) is 33.0 Å². The van der Waals surface area contributed by atoms with E-state index in [0.29, 0.717) is 13.0 Å². The predicted molar refractivity (Wildman–Crippen MR) is 73.8 cm³/mol. The first-order valence-corrected chi connectivity index (χ1v) is 7.71. The van der Waals surface area contributed by atoms with Crippen LogP contribution in [-0.2, 0) is 10.0 Å². The standard InChI is InChI=1S/C12H14FN3O4S/c13-10-2-1-3-11(12(10)16(17)18)21(19,20)15-8-9-4-6-14-7-5-9/h1-4,14-15H,5-8H2. The van der Waals surface area contributed by atoms with E-state index in [4.69, 9.17) is 0 Å². The average molecular weight is 315 g/mol. The van der Waals surface area contributed by atoms with Crippen molar-refractivity contribution in [2.24, 2.45) is 0 Å². The van der Waals surface area contributed by atoms with E-state index in [-0.39, 0.29) is 6.54 Å². The summed E-state index contributed by atoms with van der Waals surface area (Å²) in [5, 5.41) is 13.9. The Kier molecular flexibility index (Phi) is 4.66. The molecule has 2 N–H and O–H groups in total. The van der Waals surface area contributed by atoms with Crippen LogP contribution in [0.3, 0.4) is 0 Å². The summed E-state index contributed by atoms with van der Waals surface area (Å²) in [5.41, 5.74) is -0.152. The van der Waals surface area contributed by atoms with Gasteiger partial charge in [-0.3, -0.25) is 10.1 Å². The van der Waals surface area contributed by atoms with Gasteiger partial charge in [-0.1, -0.05) is 17.7 Å². The molecule has 0 aromatic heterocycles. The van der Waals surface area contributed by atoms with Gasteiger partial charge < -0.3 is 5.32 Å². The molecule has 21 heavy (non-hydrogen) atoms. The second kappa shape index (κ2) is 6.29. The number of nitrogens with one attached hydrogen (secondary N) is 2. The van der Waals surface area contributed by atoms with Crippen molar-refractivity contribution in [3.8, 4) is 0 Å². The Bertz CT molecular complexity index is 688. The van der Waals surface area contributed by atoms with E-state index in [1.54, 1.807) is 0 Å². The second-order valence-electron chi connectivity index (χ2n) is 4.48. The number of halogens is 1.